The maximum atomic E-state index is 12.4. The second-order valence-electron chi connectivity index (χ2n) is 4.24. The molecule has 0 spiro atoms. The molecule has 0 amide bonds. The highest BCUT2D eigenvalue weighted by Gasteiger charge is 2.34. The summed E-state index contributed by atoms with van der Waals surface area (Å²) in [6.45, 7) is 0.516. The molecule has 0 aromatic carbocycles. The number of sulfonamides is 1. The fraction of sp³-hybridized carbons (Fsp3) is 0.700. The predicted molar refractivity (Wildman–Crippen MR) is 68.5 cm³/mol. The lowest BCUT2D eigenvalue weighted by molar-refractivity contribution is 0.228. The minimum atomic E-state index is -3.38. The maximum absolute atomic E-state index is 12.4. The standard InChI is InChI=1S/C10H16BrN3O2S/c1-13-8-10(7-12-13)17(15,16)14(6-5-11)9-3-2-4-9/h7-9H,2-6H2,1H3. The van der Waals surface area contributed by atoms with E-state index in [1.54, 1.807) is 17.5 Å². The Labute approximate surface area is 110 Å². The van der Waals surface area contributed by atoms with Crippen molar-refractivity contribution in [1.29, 1.82) is 0 Å². The first-order valence-corrected chi connectivity index (χ1v) is 8.18. The van der Waals surface area contributed by atoms with Gasteiger partial charge in [-0.15, -0.1) is 0 Å². The molecule has 0 radical (unpaired) electrons. The van der Waals surface area contributed by atoms with Crippen molar-refractivity contribution in [2.45, 2.75) is 30.2 Å². The van der Waals surface area contributed by atoms with E-state index in [0.29, 0.717) is 11.9 Å². The first-order valence-electron chi connectivity index (χ1n) is 5.62. The van der Waals surface area contributed by atoms with Crippen molar-refractivity contribution in [2.75, 3.05) is 11.9 Å². The average Bonchev–Trinajstić information content (AvgIpc) is 2.62. The highest BCUT2D eigenvalue weighted by molar-refractivity contribution is 9.09. The van der Waals surface area contributed by atoms with Gasteiger partial charge in [0.2, 0.25) is 10.0 Å². The second-order valence-corrected chi connectivity index (χ2v) is 6.92. The van der Waals surface area contributed by atoms with Gasteiger partial charge in [-0.25, -0.2) is 8.42 Å². The summed E-state index contributed by atoms with van der Waals surface area (Å²) in [5.41, 5.74) is 0. The molecular weight excluding hydrogens is 306 g/mol. The molecule has 0 N–H and O–H groups in total. The first kappa shape index (κ1) is 13.0. The van der Waals surface area contributed by atoms with Crippen LogP contribution >= 0.6 is 15.9 Å². The second kappa shape index (κ2) is 5.07. The van der Waals surface area contributed by atoms with Crippen molar-refractivity contribution in [1.82, 2.24) is 14.1 Å². The molecule has 5 nitrogen and oxygen atoms in total. The summed E-state index contributed by atoms with van der Waals surface area (Å²) >= 11 is 3.31. The Hall–Kier alpha value is -0.400. The minimum absolute atomic E-state index is 0.165. The van der Waals surface area contributed by atoms with E-state index in [1.165, 1.54) is 10.9 Å². The van der Waals surface area contributed by atoms with E-state index in [1.807, 2.05) is 0 Å². The Kier molecular flexibility index (Phi) is 3.89. The molecule has 0 bridgehead atoms. The van der Waals surface area contributed by atoms with Crippen LogP contribution in [0.5, 0.6) is 0 Å². The topological polar surface area (TPSA) is 55.2 Å². The summed E-state index contributed by atoms with van der Waals surface area (Å²) in [6, 6.07) is 0.165. The van der Waals surface area contributed by atoms with Crippen LogP contribution in [0.4, 0.5) is 0 Å². The van der Waals surface area contributed by atoms with Crippen molar-refractivity contribution in [3.8, 4) is 0 Å². The summed E-state index contributed by atoms with van der Waals surface area (Å²) < 4.78 is 28.0. The fourth-order valence-electron chi connectivity index (χ4n) is 1.92. The van der Waals surface area contributed by atoms with Crippen LogP contribution < -0.4 is 0 Å². The van der Waals surface area contributed by atoms with Crippen LogP contribution in [0.15, 0.2) is 17.3 Å². The molecule has 17 heavy (non-hydrogen) atoms. The predicted octanol–water partition coefficient (Wildman–Crippen LogP) is 1.36. The molecule has 0 saturated heterocycles. The van der Waals surface area contributed by atoms with Crippen molar-refractivity contribution in [3.63, 3.8) is 0 Å². The summed E-state index contributed by atoms with van der Waals surface area (Å²) in [6.07, 6.45) is 6.01. The van der Waals surface area contributed by atoms with Gasteiger partial charge < -0.3 is 0 Å². The average molecular weight is 322 g/mol. The third kappa shape index (κ3) is 2.56. The fourth-order valence-corrected chi connectivity index (χ4v) is 4.21. The number of halogens is 1. The molecule has 1 aliphatic carbocycles. The number of aryl methyl sites for hydroxylation is 1. The number of hydrogen-bond acceptors (Lipinski definition) is 3. The Morgan fingerprint density at radius 2 is 2.29 bits per heavy atom. The van der Waals surface area contributed by atoms with Gasteiger partial charge in [0.25, 0.3) is 0 Å². The molecule has 0 atom stereocenters. The zero-order valence-electron chi connectivity index (χ0n) is 9.71. The zero-order valence-corrected chi connectivity index (χ0v) is 12.1. The minimum Gasteiger partial charge on any atom is -0.274 e. The molecule has 1 aliphatic rings. The van der Waals surface area contributed by atoms with Crippen molar-refractivity contribution < 1.29 is 8.42 Å². The molecule has 1 aromatic heterocycles. The smallest absolute Gasteiger partial charge is 0.246 e. The molecule has 1 heterocycles. The molecule has 1 saturated carbocycles. The molecule has 0 aliphatic heterocycles. The van der Waals surface area contributed by atoms with Crippen LogP contribution in [0.25, 0.3) is 0 Å². The zero-order chi connectivity index (χ0) is 12.5. The van der Waals surface area contributed by atoms with Gasteiger partial charge >= 0.3 is 0 Å². The Balaban J connectivity index is 2.27. The Bertz CT molecular complexity index is 481. The number of rotatable bonds is 5. The van der Waals surface area contributed by atoms with Crippen LogP contribution in [0.2, 0.25) is 0 Å². The number of aromatic nitrogens is 2. The van der Waals surface area contributed by atoms with Crippen LogP contribution in [0, 0.1) is 0 Å². The quantitative estimate of drug-likeness (QED) is 0.769. The summed E-state index contributed by atoms with van der Waals surface area (Å²) in [4.78, 5) is 0.285. The van der Waals surface area contributed by atoms with Gasteiger partial charge in [0.1, 0.15) is 4.90 Å². The third-order valence-electron chi connectivity index (χ3n) is 3.07. The maximum Gasteiger partial charge on any atom is 0.246 e. The molecule has 1 aromatic rings. The van der Waals surface area contributed by atoms with E-state index < -0.39 is 10.0 Å². The molecule has 1 fully saturated rings. The van der Waals surface area contributed by atoms with E-state index in [4.69, 9.17) is 0 Å². The SMILES string of the molecule is Cn1cc(S(=O)(=O)N(CCBr)C2CCC2)cn1. The van der Waals surface area contributed by atoms with E-state index in [9.17, 15) is 8.42 Å². The van der Waals surface area contributed by atoms with E-state index in [-0.39, 0.29) is 10.9 Å². The molecular formula is C10H16BrN3O2S. The molecule has 96 valence electrons. The Morgan fingerprint density at radius 3 is 2.71 bits per heavy atom. The lowest BCUT2D eigenvalue weighted by Gasteiger charge is -2.35. The highest BCUT2D eigenvalue weighted by atomic mass is 79.9. The van der Waals surface area contributed by atoms with E-state index >= 15 is 0 Å². The van der Waals surface area contributed by atoms with Gasteiger partial charge in [0.15, 0.2) is 0 Å². The van der Waals surface area contributed by atoms with Crippen molar-refractivity contribution in [3.05, 3.63) is 12.4 Å². The lowest BCUT2D eigenvalue weighted by Crippen LogP contribution is -2.44. The molecule has 0 unspecified atom stereocenters. The van der Waals surface area contributed by atoms with Gasteiger partial charge in [0, 0.05) is 31.2 Å². The van der Waals surface area contributed by atoms with Gasteiger partial charge in [-0.3, -0.25) is 4.68 Å². The first-order chi connectivity index (χ1) is 8.05. The van der Waals surface area contributed by atoms with Crippen LogP contribution in [0.1, 0.15) is 19.3 Å². The van der Waals surface area contributed by atoms with Crippen LogP contribution in [0.3, 0.4) is 0 Å². The number of alkyl halides is 1. The highest BCUT2D eigenvalue weighted by Crippen LogP contribution is 2.29. The summed E-state index contributed by atoms with van der Waals surface area (Å²) in [5.74, 6) is 0. The van der Waals surface area contributed by atoms with E-state index in [2.05, 4.69) is 21.0 Å². The van der Waals surface area contributed by atoms with Gasteiger partial charge in [-0.05, 0) is 12.8 Å². The monoisotopic (exact) mass is 321 g/mol. The van der Waals surface area contributed by atoms with Crippen molar-refractivity contribution >= 4 is 26.0 Å². The van der Waals surface area contributed by atoms with Crippen LogP contribution in [-0.2, 0) is 17.1 Å². The number of nitrogens with zero attached hydrogens (tertiary/aromatic N) is 3. The lowest BCUT2D eigenvalue weighted by atomic mass is 9.93. The normalized spacial score (nSPS) is 17.4. The summed E-state index contributed by atoms with van der Waals surface area (Å²) in [5, 5.41) is 4.58. The van der Waals surface area contributed by atoms with Crippen LogP contribution in [-0.4, -0.2) is 40.4 Å². The van der Waals surface area contributed by atoms with Gasteiger partial charge in [-0.2, -0.15) is 9.40 Å². The van der Waals surface area contributed by atoms with E-state index in [0.717, 1.165) is 19.3 Å². The van der Waals surface area contributed by atoms with Crippen molar-refractivity contribution in [2.24, 2.45) is 7.05 Å². The number of hydrogen-bond donors (Lipinski definition) is 0. The largest absolute Gasteiger partial charge is 0.274 e. The summed E-state index contributed by atoms with van der Waals surface area (Å²) in [7, 11) is -1.66. The molecule has 2 rings (SSSR count). The Morgan fingerprint density at radius 1 is 1.59 bits per heavy atom. The van der Waals surface area contributed by atoms with Gasteiger partial charge in [0.05, 0.1) is 6.20 Å². The molecule has 7 heteroatoms. The van der Waals surface area contributed by atoms with Gasteiger partial charge in [-0.1, -0.05) is 22.4 Å². The third-order valence-corrected chi connectivity index (χ3v) is 5.33.